The third-order valence-corrected chi connectivity index (χ3v) is 3.49. The molecule has 0 spiro atoms. The van der Waals surface area contributed by atoms with Crippen molar-refractivity contribution in [3.05, 3.63) is 35.4 Å². The molecule has 1 aromatic carbocycles. The number of aliphatic hydroxyl groups excluding tert-OH is 1. The van der Waals surface area contributed by atoms with Crippen LogP contribution in [0.5, 0.6) is 0 Å². The van der Waals surface area contributed by atoms with E-state index in [1.165, 1.54) is 5.56 Å². The first-order valence-electron chi connectivity index (χ1n) is 7.41. The lowest BCUT2D eigenvalue weighted by molar-refractivity contribution is 0.0384. The van der Waals surface area contributed by atoms with Crippen LogP contribution in [-0.2, 0) is 22.5 Å². The molecule has 0 saturated carbocycles. The third kappa shape index (κ3) is 6.28. The summed E-state index contributed by atoms with van der Waals surface area (Å²) in [5.41, 5.74) is 2.50. The van der Waals surface area contributed by atoms with E-state index in [0.29, 0.717) is 13.2 Å². The van der Waals surface area contributed by atoms with E-state index in [-0.39, 0.29) is 6.61 Å². The molecule has 1 aromatic rings. The van der Waals surface area contributed by atoms with Crippen LogP contribution in [0.4, 0.5) is 0 Å². The van der Waals surface area contributed by atoms with Crippen molar-refractivity contribution in [1.29, 1.82) is 0 Å². The van der Waals surface area contributed by atoms with Gasteiger partial charge in [-0.25, -0.2) is 0 Å². The van der Waals surface area contributed by atoms with Crippen molar-refractivity contribution in [1.82, 2.24) is 4.90 Å². The highest BCUT2D eigenvalue weighted by Crippen LogP contribution is 2.08. The van der Waals surface area contributed by atoms with E-state index in [0.717, 1.165) is 44.8 Å². The van der Waals surface area contributed by atoms with Gasteiger partial charge in [-0.1, -0.05) is 36.1 Å². The van der Waals surface area contributed by atoms with Crippen molar-refractivity contribution in [2.75, 3.05) is 46.1 Å². The molecule has 0 bridgehead atoms. The summed E-state index contributed by atoms with van der Waals surface area (Å²) in [6, 6.07) is 8.54. The summed E-state index contributed by atoms with van der Waals surface area (Å²) in [5, 5.41) is 8.52. The van der Waals surface area contributed by atoms with E-state index in [4.69, 9.17) is 14.6 Å². The maximum atomic E-state index is 8.52. The number of aliphatic hydroxyl groups is 1. The first-order chi connectivity index (χ1) is 10.4. The number of hydrogen-bond donors (Lipinski definition) is 1. The zero-order valence-electron chi connectivity index (χ0n) is 12.4. The van der Waals surface area contributed by atoms with Crippen LogP contribution in [0.2, 0.25) is 0 Å². The topological polar surface area (TPSA) is 41.9 Å². The van der Waals surface area contributed by atoms with Gasteiger partial charge in [-0.3, -0.25) is 4.90 Å². The molecular weight excluding hydrogens is 266 g/mol. The lowest BCUT2D eigenvalue weighted by Crippen LogP contribution is -2.37. The minimum absolute atomic E-state index is 0.110. The number of hydrogen-bond acceptors (Lipinski definition) is 4. The quantitative estimate of drug-likeness (QED) is 0.628. The molecule has 1 heterocycles. The molecule has 1 N–H and O–H groups in total. The van der Waals surface area contributed by atoms with E-state index in [2.05, 4.69) is 41.0 Å². The van der Waals surface area contributed by atoms with E-state index < -0.39 is 0 Å². The van der Waals surface area contributed by atoms with Gasteiger partial charge in [0.15, 0.2) is 0 Å². The van der Waals surface area contributed by atoms with E-state index >= 15 is 0 Å². The summed E-state index contributed by atoms with van der Waals surface area (Å²) in [6.07, 6.45) is 1.07. The van der Waals surface area contributed by atoms with Gasteiger partial charge < -0.3 is 14.6 Å². The largest absolute Gasteiger partial charge is 0.384 e. The fourth-order valence-electron chi connectivity index (χ4n) is 2.24. The molecule has 0 atom stereocenters. The van der Waals surface area contributed by atoms with Crippen molar-refractivity contribution in [3.63, 3.8) is 0 Å². The molecule has 4 nitrogen and oxygen atoms in total. The monoisotopic (exact) mass is 289 g/mol. The number of ether oxygens (including phenoxy) is 2. The molecule has 0 aliphatic carbocycles. The summed E-state index contributed by atoms with van der Waals surface area (Å²) in [4.78, 5) is 2.44. The molecule has 1 saturated heterocycles. The number of nitrogens with zero attached hydrogens (tertiary/aromatic N) is 1. The molecule has 0 radical (unpaired) electrons. The maximum Gasteiger partial charge on any atom is 0.108 e. The fourth-order valence-corrected chi connectivity index (χ4v) is 2.24. The highest BCUT2D eigenvalue weighted by Gasteiger charge is 2.09. The molecule has 114 valence electrons. The second-order valence-corrected chi connectivity index (χ2v) is 5.02. The second kappa shape index (κ2) is 9.54. The highest BCUT2D eigenvalue weighted by molar-refractivity contribution is 5.22. The van der Waals surface area contributed by atoms with Gasteiger partial charge in [-0.15, -0.1) is 0 Å². The van der Waals surface area contributed by atoms with Crippen LogP contribution in [-0.4, -0.2) is 56.1 Å². The Bertz CT molecular complexity index is 455. The molecule has 0 amide bonds. The van der Waals surface area contributed by atoms with Gasteiger partial charge in [-0.05, 0) is 17.5 Å². The summed E-state index contributed by atoms with van der Waals surface area (Å²) in [5.74, 6) is 5.29. The van der Waals surface area contributed by atoms with E-state index in [1.807, 2.05) is 0 Å². The van der Waals surface area contributed by atoms with Gasteiger partial charge in [0, 0.05) is 19.6 Å². The molecule has 1 fully saturated rings. The first kappa shape index (κ1) is 16.0. The Morgan fingerprint density at radius 3 is 2.52 bits per heavy atom. The molecular formula is C17H23NO3. The van der Waals surface area contributed by atoms with Gasteiger partial charge in [0.05, 0.1) is 19.8 Å². The van der Waals surface area contributed by atoms with Crippen molar-refractivity contribution >= 4 is 0 Å². The lowest BCUT2D eigenvalue weighted by Gasteiger charge is -2.26. The van der Waals surface area contributed by atoms with Gasteiger partial charge in [-0.2, -0.15) is 0 Å². The van der Waals surface area contributed by atoms with Gasteiger partial charge >= 0.3 is 0 Å². The van der Waals surface area contributed by atoms with Crippen LogP contribution in [0.1, 0.15) is 11.1 Å². The summed E-state index contributed by atoms with van der Waals surface area (Å²) < 4.78 is 10.8. The third-order valence-electron chi connectivity index (χ3n) is 3.49. The normalized spacial score (nSPS) is 15.5. The van der Waals surface area contributed by atoms with Crippen LogP contribution >= 0.6 is 0 Å². The molecule has 0 aromatic heterocycles. The van der Waals surface area contributed by atoms with Crippen LogP contribution in [0, 0.1) is 11.8 Å². The van der Waals surface area contributed by atoms with E-state index in [1.54, 1.807) is 0 Å². The van der Waals surface area contributed by atoms with Crippen LogP contribution in [0.25, 0.3) is 0 Å². The summed E-state index contributed by atoms with van der Waals surface area (Å²) in [7, 11) is 0. The van der Waals surface area contributed by atoms with Crippen LogP contribution in [0.15, 0.2) is 24.3 Å². The average molecular weight is 289 g/mol. The van der Waals surface area contributed by atoms with Crippen molar-refractivity contribution < 1.29 is 14.6 Å². The Morgan fingerprint density at radius 1 is 1.10 bits per heavy atom. The number of benzene rings is 1. The first-order valence-corrected chi connectivity index (χ1v) is 7.41. The zero-order chi connectivity index (χ0) is 14.8. The van der Waals surface area contributed by atoms with Gasteiger partial charge in [0.2, 0.25) is 0 Å². The molecule has 2 rings (SSSR count). The molecule has 0 unspecified atom stereocenters. The second-order valence-electron chi connectivity index (χ2n) is 5.02. The minimum atomic E-state index is -0.110. The van der Waals surface area contributed by atoms with Crippen molar-refractivity contribution in [2.45, 2.75) is 13.0 Å². The zero-order valence-corrected chi connectivity index (χ0v) is 12.4. The highest BCUT2D eigenvalue weighted by atomic mass is 16.5. The molecule has 4 heteroatoms. The lowest BCUT2D eigenvalue weighted by atomic mass is 10.1. The molecule has 21 heavy (non-hydrogen) atoms. The Balaban J connectivity index is 1.68. The summed E-state index contributed by atoms with van der Waals surface area (Å²) in [6.45, 7) is 5.70. The van der Waals surface area contributed by atoms with Crippen molar-refractivity contribution in [2.24, 2.45) is 0 Å². The fraction of sp³-hybridized carbons (Fsp3) is 0.529. The van der Waals surface area contributed by atoms with Gasteiger partial charge in [0.25, 0.3) is 0 Å². The Kier molecular flexibility index (Phi) is 7.27. The predicted molar refractivity (Wildman–Crippen MR) is 81.9 cm³/mol. The average Bonchev–Trinajstić information content (AvgIpc) is 2.55. The van der Waals surface area contributed by atoms with Crippen molar-refractivity contribution in [3.8, 4) is 11.8 Å². The van der Waals surface area contributed by atoms with Crippen LogP contribution < -0.4 is 0 Å². The summed E-state index contributed by atoms with van der Waals surface area (Å²) >= 11 is 0. The van der Waals surface area contributed by atoms with E-state index in [9.17, 15) is 0 Å². The standard InChI is InChI=1S/C17H23NO3/c19-11-1-2-12-21-15-17-5-3-16(4-6-17)7-8-18-9-13-20-14-10-18/h3-6,19H,7-15H2. The minimum Gasteiger partial charge on any atom is -0.384 e. The Morgan fingerprint density at radius 2 is 1.81 bits per heavy atom. The van der Waals surface area contributed by atoms with Gasteiger partial charge in [0.1, 0.15) is 13.2 Å². The smallest absolute Gasteiger partial charge is 0.108 e. The Labute approximate surface area is 126 Å². The molecule has 1 aliphatic heterocycles. The Hall–Kier alpha value is -1.38. The molecule has 1 aliphatic rings. The SMILES string of the molecule is OCC#CCOCc1ccc(CCN2CCOCC2)cc1. The number of rotatable bonds is 6. The number of morpholine rings is 1. The maximum absolute atomic E-state index is 8.52. The van der Waals surface area contributed by atoms with Crippen LogP contribution in [0.3, 0.4) is 0 Å². The predicted octanol–water partition coefficient (Wildman–Crippen LogP) is 1.07.